The van der Waals surface area contributed by atoms with Gasteiger partial charge in [-0.1, -0.05) is 87.1 Å². The van der Waals surface area contributed by atoms with Crippen LogP contribution in [0, 0.1) is 6.57 Å². The molecule has 0 aliphatic rings. The molecule has 0 saturated heterocycles. The van der Waals surface area contributed by atoms with Crippen molar-refractivity contribution in [2.75, 3.05) is 6.61 Å². The van der Waals surface area contributed by atoms with Gasteiger partial charge in [-0.2, -0.15) is 0 Å². The third-order valence-corrected chi connectivity index (χ3v) is 6.26. The van der Waals surface area contributed by atoms with Crippen LogP contribution in [0.2, 0.25) is 0 Å². The maximum atomic E-state index is 7.18. The van der Waals surface area contributed by atoms with Crippen molar-refractivity contribution in [1.82, 2.24) is 0 Å². The summed E-state index contributed by atoms with van der Waals surface area (Å²) in [5.74, 6) is 0. The molecule has 0 atom stereocenters. The van der Waals surface area contributed by atoms with E-state index in [2.05, 4.69) is 59.4 Å². The van der Waals surface area contributed by atoms with E-state index < -0.39 is 0 Å². The van der Waals surface area contributed by atoms with E-state index >= 15 is 0 Å². The molecule has 0 heterocycles. The van der Waals surface area contributed by atoms with Crippen LogP contribution in [-0.4, -0.2) is 12.1 Å². The van der Waals surface area contributed by atoms with E-state index in [1.54, 1.807) is 0 Å². The van der Waals surface area contributed by atoms with Crippen LogP contribution in [0.3, 0.4) is 0 Å². The van der Waals surface area contributed by atoms with Gasteiger partial charge in [-0.25, -0.2) is 6.57 Å². The smallest absolute Gasteiger partial charge is 0.227 e. The van der Waals surface area contributed by atoms with Gasteiger partial charge in [0.25, 0.3) is 0 Å². The Balaban J connectivity index is 1.33. The highest BCUT2D eigenvalue weighted by Crippen LogP contribution is 2.29. The average Bonchev–Trinajstić information content (AvgIpc) is 2.79. The topological polar surface area (TPSA) is 13.6 Å². The number of rotatable bonds is 13. The SMILES string of the molecule is [C-]#[N+]C(C)(C)CCCCCCCCCCOCc1c2ccccc2cc2ccccc12. The van der Waals surface area contributed by atoms with Crippen LogP contribution in [0.15, 0.2) is 54.6 Å². The summed E-state index contributed by atoms with van der Waals surface area (Å²) in [5.41, 5.74) is 1.15. The molecule has 31 heavy (non-hydrogen) atoms. The van der Waals surface area contributed by atoms with Crippen LogP contribution in [0.1, 0.15) is 77.2 Å². The van der Waals surface area contributed by atoms with Gasteiger partial charge in [-0.05, 0) is 46.0 Å². The Bertz CT molecular complexity index is 944. The van der Waals surface area contributed by atoms with E-state index in [0.29, 0.717) is 6.61 Å². The molecule has 0 aromatic heterocycles. The molecular weight excluding hydrogens is 378 g/mol. The Labute approximate surface area is 188 Å². The summed E-state index contributed by atoms with van der Waals surface area (Å²) in [4.78, 5) is 3.69. The zero-order valence-electron chi connectivity index (χ0n) is 19.3. The second kappa shape index (κ2) is 11.9. The van der Waals surface area contributed by atoms with Crippen LogP contribution in [-0.2, 0) is 11.3 Å². The van der Waals surface area contributed by atoms with Gasteiger partial charge >= 0.3 is 0 Å². The largest absolute Gasteiger partial charge is 0.377 e. The first kappa shape index (κ1) is 23.3. The molecule has 3 aromatic rings. The minimum Gasteiger partial charge on any atom is -0.377 e. The summed E-state index contributed by atoms with van der Waals surface area (Å²) in [7, 11) is 0. The molecular formula is C29H37NO. The molecule has 0 N–H and O–H groups in total. The highest BCUT2D eigenvalue weighted by atomic mass is 16.5. The highest BCUT2D eigenvalue weighted by Gasteiger charge is 2.21. The van der Waals surface area contributed by atoms with E-state index in [4.69, 9.17) is 11.3 Å². The van der Waals surface area contributed by atoms with Gasteiger partial charge in [0.05, 0.1) is 6.61 Å². The van der Waals surface area contributed by atoms with Crippen molar-refractivity contribution < 1.29 is 4.74 Å². The monoisotopic (exact) mass is 415 g/mol. The van der Waals surface area contributed by atoms with Crippen molar-refractivity contribution in [1.29, 1.82) is 0 Å². The summed E-state index contributed by atoms with van der Waals surface area (Å²) < 4.78 is 6.11. The Morgan fingerprint density at radius 2 is 1.26 bits per heavy atom. The first-order chi connectivity index (χ1) is 15.1. The second-order valence-electron chi connectivity index (χ2n) is 9.35. The molecule has 2 nitrogen and oxygen atoms in total. The minimum absolute atomic E-state index is 0.168. The van der Waals surface area contributed by atoms with Gasteiger partial charge in [0.1, 0.15) is 0 Å². The van der Waals surface area contributed by atoms with E-state index in [1.807, 2.05) is 13.8 Å². The number of hydrogen-bond donors (Lipinski definition) is 0. The van der Waals surface area contributed by atoms with Crippen LogP contribution in [0.25, 0.3) is 26.4 Å². The first-order valence-corrected chi connectivity index (χ1v) is 12.0. The zero-order valence-corrected chi connectivity index (χ0v) is 19.3. The fourth-order valence-electron chi connectivity index (χ4n) is 4.32. The van der Waals surface area contributed by atoms with Gasteiger partial charge in [0.2, 0.25) is 5.54 Å². The molecule has 0 fully saturated rings. The van der Waals surface area contributed by atoms with Gasteiger partial charge in [-0.15, -0.1) is 0 Å². The molecule has 0 amide bonds. The summed E-state index contributed by atoms with van der Waals surface area (Å²) >= 11 is 0. The number of fused-ring (bicyclic) bond motifs is 2. The summed E-state index contributed by atoms with van der Waals surface area (Å²) in [5, 5.41) is 5.19. The molecule has 0 saturated carbocycles. The Hall–Kier alpha value is -2.37. The van der Waals surface area contributed by atoms with Crippen molar-refractivity contribution in [3.05, 3.63) is 71.6 Å². The molecule has 0 radical (unpaired) electrons. The molecule has 164 valence electrons. The average molecular weight is 416 g/mol. The number of hydrogen-bond acceptors (Lipinski definition) is 1. The molecule has 3 rings (SSSR count). The van der Waals surface area contributed by atoms with Crippen LogP contribution in [0.4, 0.5) is 0 Å². The molecule has 0 bridgehead atoms. The van der Waals surface area contributed by atoms with Crippen LogP contribution in [0.5, 0.6) is 0 Å². The molecule has 0 spiro atoms. The van der Waals surface area contributed by atoms with E-state index in [9.17, 15) is 0 Å². The summed E-state index contributed by atoms with van der Waals surface area (Å²) in [6, 6.07) is 19.5. The maximum Gasteiger partial charge on any atom is 0.227 e. The molecule has 2 heteroatoms. The summed E-state index contributed by atoms with van der Waals surface area (Å²) in [6.45, 7) is 12.8. The zero-order chi connectivity index (χ0) is 21.9. The maximum absolute atomic E-state index is 7.18. The van der Waals surface area contributed by atoms with Crippen LogP contribution >= 0.6 is 0 Å². The van der Waals surface area contributed by atoms with Gasteiger partial charge in [0, 0.05) is 26.9 Å². The van der Waals surface area contributed by atoms with Gasteiger partial charge in [0.15, 0.2) is 0 Å². The Morgan fingerprint density at radius 1 is 0.742 bits per heavy atom. The number of ether oxygens (including phenoxy) is 1. The number of unbranched alkanes of at least 4 members (excludes halogenated alkanes) is 7. The van der Waals surface area contributed by atoms with E-state index in [1.165, 1.54) is 72.1 Å². The van der Waals surface area contributed by atoms with Crippen molar-refractivity contribution >= 4 is 21.5 Å². The van der Waals surface area contributed by atoms with Crippen molar-refractivity contribution in [3.63, 3.8) is 0 Å². The highest BCUT2D eigenvalue weighted by molar-refractivity contribution is 6.02. The standard InChI is InChI=1S/C29H37NO/c1-29(2,30-3)20-14-8-6-4-5-7-9-15-21-31-23-28-26-18-12-10-16-24(26)22-25-17-11-13-19-27(25)28/h10-13,16-19,22H,4-9,14-15,20-21,23H2,1-2H3. The van der Waals surface area contributed by atoms with Crippen molar-refractivity contribution in [2.45, 2.75) is 83.8 Å². The van der Waals surface area contributed by atoms with Crippen molar-refractivity contribution in [3.8, 4) is 0 Å². The number of nitrogens with zero attached hydrogens (tertiary/aromatic N) is 1. The van der Waals surface area contributed by atoms with Crippen molar-refractivity contribution in [2.24, 2.45) is 0 Å². The lowest BCUT2D eigenvalue weighted by molar-refractivity contribution is 0.118. The lowest BCUT2D eigenvalue weighted by Gasteiger charge is -2.12. The molecule has 0 unspecified atom stereocenters. The third kappa shape index (κ3) is 7.08. The first-order valence-electron chi connectivity index (χ1n) is 12.0. The normalized spacial score (nSPS) is 11.8. The fraction of sp³-hybridized carbons (Fsp3) is 0.483. The van der Waals surface area contributed by atoms with E-state index in [-0.39, 0.29) is 5.54 Å². The Kier molecular flexibility index (Phi) is 8.92. The predicted molar refractivity (Wildman–Crippen MR) is 133 cm³/mol. The van der Waals surface area contributed by atoms with Crippen LogP contribution < -0.4 is 0 Å². The molecule has 0 aliphatic heterocycles. The van der Waals surface area contributed by atoms with Gasteiger partial charge in [-0.3, -0.25) is 0 Å². The predicted octanol–water partition coefficient (Wildman–Crippen LogP) is 8.72. The second-order valence-corrected chi connectivity index (χ2v) is 9.35. The van der Waals surface area contributed by atoms with E-state index in [0.717, 1.165) is 19.4 Å². The lowest BCUT2D eigenvalue weighted by Crippen LogP contribution is -2.12. The number of benzene rings is 3. The molecule has 0 aliphatic carbocycles. The fourth-order valence-corrected chi connectivity index (χ4v) is 4.32. The third-order valence-electron chi connectivity index (χ3n) is 6.26. The molecule has 3 aromatic carbocycles. The lowest BCUT2D eigenvalue weighted by atomic mass is 9.97. The summed E-state index contributed by atoms with van der Waals surface area (Å²) in [6.07, 6.45) is 11.1. The Morgan fingerprint density at radius 3 is 1.84 bits per heavy atom. The van der Waals surface area contributed by atoms with Gasteiger partial charge < -0.3 is 9.58 Å². The quantitative estimate of drug-likeness (QED) is 0.155. The minimum atomic E-state index is -0.168.